The largest absolute Gasteiger partial charge is 0.376 e. The molecule has 1 atom stereocenters. The molecule has 124 valence electrons. The molecule has 1 fully saturated rings. The van der Waals surface area contributed by atoms with E-state index in [0.29, 0.717) is 26.7 Å². The van der Waals surface area contributed by atoms with Crippen LogP contribution in [0.4, 0.5) is 10.8 Å². The summed E-state index contributed by atoms with van der Waals surface area (Å²) in [7, 11) is 1.68. The van der Waals surface area contributed by atoms with E-state index >= 15 is 0 Å². The van der Waals surface area contributed by atoms with Gasteiger partial charge in [0.15, 0.2) is 9.37 Å². The van der Waals surface area contributed by atoms with Gasteiger partial charge in [-0.2, -0.15) is 5.10 Å². The van der Waals surface area contributed by atoms with Crippen molar-refractivity contribution in [3.63, 3.8) is 0 Å². The number of aromatic nitrogens is 4. The molecule has 2 aromatic heterocycles. The summed E-state index contributed by atoms with van der Waals surface area (Å²) in [5, 5.41) is 27.8. The number of nitrogens with zero attached hydrogens (tertiary/aromatic N) is 5. The van der Waals surface area contributed by atoms with E-state index in [1.54, 1.807) is 14.0 Å². The van der Waals surface area contributed by atoms with Crippen molar-refractivity contribution in [3.05, 3.63) is 15.8 Å². The first-order valence-electron chi connectivity index (χ1n) is 7.09. The number of anilines is 1. The van der Waals surface area contributed by atoms with Gasteiger partial charge < -0.3 is 10.1 Å². The highest BCUT2D eigenvalue weighted by atomic mass is 32.2. The highest BCUT2D eigenvalue weighted by Crippen LogP contribution is 2.38. The van der Waals surface area contributed by atoms with Crippen molar-refractivity contribution < 1.29 is 9.66 Å². The van der Waals surface area contributed by atoms with Gasteiger partial charge in [-0.3, -0.25) is 14.8 Å². The van der Waals surface area contributed by atoms with Crippen molar-refractivity contribution in [1.82, 2.24) is 20.0 Å². The van der Waals surface area contributed by atoms with Gasteiger partial charge in [0.2, 0.25) is 5.13 Å². The fraction of sp³-hybridized carbons (Fsp3) is 0.583. The third-order valence-corrected chi connectivity index (χ3v) is 5.50. The zero-order valence-electron chi connectivity index (χ0n) is 12.7. The van der Waals surface area contributed by atoms with Gasteiger partial charge in [0.1, 0.15) is 5.69 Å². The molecule has 0 radical (unpaired) electrons. The van der Waals surface area contributed by atoms with E-state index < -0.39 is 4.92 Å². The number of ether oxygens (including phenoxy) is 1. The van der Waals surface area contributed by atoms with Crippen LogP contribution < -0.4 is 5.32 Å². The molecular formula is C12H16N6O3S2. The summed E-state index contributed by atoms with van der Waals surface area (Å²) in [5.74, 6) is 0. The summed E-state index contributed by atoms with van der Waals surface area (Å²) >= 11 is 2.56. The predicted octanol–water partition coefficient (Wildman–Crippen LogP) is 2.23. The lowest BCUT2D eigenvalue weighted by atomic mass is 10.2. The molecule has 0 amide bonds. The molecule has 11 heteroatoms. The highest BCUT2D eigenvalue weighted by molar-refractivity contribution is 8.01. The molecule has 3 heterocycles. The van der Waals surface area contributed by atoms with E-state index in [4.69, 9.17) is 4.74 Å². The predicted molar refractivity (Wildman–Crippen MR) is 86.1 cm³/mol. The van der Waals surface area contributed by atoms with Crippen LogP contribution in [0.3, 0.4) is 0 Å². The van der Waals surface area contributed by atoms with E-state index in [9.17, 15) is 10.1 Å². The third-order valence-electron chi connectivity index (χ3n) is 3.42. The fourth-order valence-electron chi connectivity index (χ4n) is 2.36. The van der Waals surface area contributed by atoms with Crippen LogP contribution in [0.15, 0.2) is 9.37 Å². The number of hydrogen-bond acceptors (Lipinski definition) is 9. The first-order valence-corrected chi connectivity index (χ1v) is 8.72. The Labute approximate surface area is 140 Å². The molecule has 1 N–H and O–H groups in total. The zero-order valence-corrected chi connectivity index (χ0v) is 14.3. The number of nitrogens with one attached hydrogen (secondary N) is 1. The lowest BCUT2D eigenvalue weighted by Crippen LogP contribution is -2.18. The van der Waals surface area contributed by atoms with Crippen LogP contribution in [0.25, 0.3) is 0 Å². The number of nitro groups is 1. The maximum atomic E-state index is 11.2. The third kappa shape index (κ3) is 3.62. The average Bonchev–Trinajstić information content (AvgIpc) is 3.19. The lowest BCUT2D eigenvalue weighted by Gasteiger charge is -2.08. The van der Waals surface area contributed by atoms with Crippen LogP contribution in [-0.4, -0.2) is 44.2 Å². The Kier molecular flexibility index (Phi) is 4.78. The Morgan fingerprint density at radius 2 is 2.39 bits per heavy atom. The quantitative estimate of drug-likeness (QED) is 0.620. The molecule has 1 aliphatic rings. The number of aryl methyl sites for hydroxylation is 2. The van der Waals surface area contributed by atoms with E-state index in [0.717, 1.165) is 19.4 Å². The van der Waals surface area contributed by atoms with Gasteiger partial charge in [0.25, 0.3) is 0 Å². The number of hydrogen-bond donors (Lipinski definition) is 1. The molecule has 2 aromatic rings. The maximum Gasteiger partial charge on any atom is 0.324 e. The summed E-state index contributed by atoms with van der Waals surface area (Å²) in [4.78, 5) is 10.8. The van der Waals surface area contributed by atoms with E-state index in [1.165, 1.54) is 27.8 Å². The van der Waals surface area contributed by atoms with Crippen LogP contribution in [0.2, 0.25) is 0 Å². The smallest absolute Gasteiger partial charge is 0.324 e. The first-order chi connectivity index (χ1) is 11.0. The van der Waals surface area contributed by atoms with Gasteiger partial charge in [-0.1, -0.05) is 11.3 Å². The molecular weight excluding hydrogens is 340 g/mol. The first kappa shape index (κ1) is 16.1. The second-order valence-corrected chi connectivity index (χ2v) is 7.32. The number of rotatable bonds is 6. The molecule has 0 aromatic carbocycles. The second-order valence-electron chi connectivity index (χ2n) is 5.11. The maximum absolute atomic E-state index is 11.2. The summed E-state index contributed by atoms with van der Waals surface area (Å²) in [5.41, 5.74) is 0.405. The van der Waals surface area contributed by atoms with Gasteiger partial charge in [0.05, 0.1) is 11.0 Å². The Morgan fingerprint density at radius 3 is 3.09 bits per heavy atom. The lowest BCUT2D eigenvalue weighted by molar-refractivity contribution is -0.388. The highest BCUT2D eigenvalue weighted by Gasteiger charge is 2.26. The van der Waals surface area contributed by atoms with Crippen LogP contribution in [0, 0.1) is 17.0 Å². The topological polar surface area (TPSA) is 108 Å². The normalized spacial score (nSPS) is 17.6. The van der Waals surface area contributed by atoms with Gasteiger partial charge in [-0.15, -0.1) is 10.2 Å². The Hall–Kier alpha value is -1.72. The standard InChI is InChI=1S/C12H16N6O3S2/c1-7-9(18(19)20)10(17(2)16-7)22-12-15-14-11(23-12)13-6-8-4-3-5-21-8/h8H,3-6H2,1-2H3,(H,13,14). The minimum Gasteiger partial charge on any atom is -0.376 e. The minimum atomic E-state index is -0.414. The van der Waals surface area contributed by atoms with Crippen LogP contribution >= 0.6 is 23.1 Å². The van der Waals surface area contributed by atoms with Crippen LogP contribution in [0.5, 0.6) is 0 Å². The van der Waals surface area contributed by atoms with Crippen molar-refractivity contribution in [2.75, 3.05) is 18.5 Å². The molecule has 3 rings (SSSR count). The molecule has 1 aliphatic heterocycles. The molecule has 9 nitrogen and oxygen atoms in total. The molecule has 0 saturated carbocycles. The monoisotopic (exact) mass is 356 g/mol. The van der Waals surface area contributed by atoms with E-state index in [1.807, 2.05) is 0 Å². The fourth-order valence-corrected chi connectivity index (χ4v) is 4.23. The summed E-state index contributed by atoms with van der Waals surface area (Å²) in [6.07, 6.45) is 2.36. The molecule has 0 aliphatic carbocycles. The molecule has 23 heavy (non-hydrogen) atoms. The van der Waals surface area contributed by atoms with Crippen molar-refractivity contribution in [3.8, 4) is 0 Å². The van der Waals surface area contributed by atoms with E-state index in [2.05, 4.69) is 20.6 Å². The van der Waals surface area contributed by atoms with E-state index in [-0.39, 0.29) is 11.8 Å². The summed E-state index contributed by atoms with van der Waals surface area (Å²) in [6.45, 7) is 3.13. The van der Waals surface area contributed by atoms with Gasteiger partial charge in [-0.05, 0) is 31.5 Å². The Morgan fingerprint density at radius 1 is 1.57 bits per heavy atom. The van der Waals surface area contributed by atoms with Crippen molar-refractivity contribution in [2.24, 2.45) is 7.05 Å². The van der Waals surface area contributed by atoms with Gasteiger partial charge in [-0.25, -0.2) is 0 Å². The molecule has 1 unspecified atom stereocenters. The van der Waals surface area contributed by atoms with Gasteiger partial charge in [0, 0.05) is 20.2 Å². The average molecular weight is 356 g/mol. The second kappa shape index (κ2) is 6.81. The summed E-state index contributed by atoms with van der Waals surface area (Å²) < 4.78 is 7.67. The zero-order chi connectivity index (χ0) is 16.4. The van der Waals surface area contributed by atoms with Crippen molar-refractivity contribution in [2.45, 2.75) is 35.2 Å². The van der Waals surface area contributed by atoms with Gasteiger partial charge >= 0.3 is 5.69 Å². The summed E-state index contributed by atoms with van der Waals surface area (Å²) in [6, 6.07) is 0. The Bertz CT molecular complexity index is 710. The SMILES string of the molecule is Cc1nn(C)c(Sc2nnc(NCC3CCCO3)s2)c1[N+](=O)[O-]. The molecule has 0 spiro atoms. The molecule has 0 bridgehead atoms. The Balaban J connectivity index is 1.68. The minimum absolute atomic E-state index is 0.0153. The van der Waals surface area contributed by atoms with Crippen LogP contribution in [-0.2, 0) is 11.8 Å². The van der Waals surface area contributed by atoms with Crippen molar-refractivity contribution in [1.29, 1.82) is 0 Å². The van der Waals surface area contributed by atoms with Crippen molar-refractivity contribution >= 4 is 33.9 Å². The van der Waals surface area contributed by atoms with Crippen LogP contribution in [0.1, 0.15) is 18.5 Å². The molecule has 1 saturated heterocycles.